The zero-order valence-corrected chi connectivity index (χ0v) is 54.0. The summed E-state index contributed by atoms with van der Waals surface area (Å²) >= 11 is 0. The predicted molar refractivity (Wildman–Crippen MR) is 344 cm³/mol. The van der Waals surface area contributed by atoms with Gasteiger partial charge in [-0.1, -0.05) is 286 Å². The van der Waals surface area contributed by atoms with Crippen molar-refractivity contribution in [3.8, 4) is 0 Å². The monoisotopic (exact) mass is 1140 g/mol. The first-order valence-electron chi connectivity index (χ1n) is 33.7. The van der Waals surface area contributed by atoms with Crippen molar-refractivity contribution in [3.05, 3.63) is 72.9 Å². The lowest BCUT2D eigenvalue weighted by atomic mass is 10.0. The van der Waals surface area contributed by atoms with Gasteiger partial charge in [0.25, 0.3) is 0 Å². The number of quaternary nitrogens is 1. The highest BCUT2D eigenvalue weighted by Gasteiger charge is 2.27. The molecule has 0 rings (SSSR count). The summed E-state index contributed by atoms with van der Waals surface area (Å²) in [5.74, 6) is -0.792. The van der Waals surface area contributed by atoms with Gasteiger partial charge in [-0.05, 0) is 83.5 Å². The third kappa shape index (κ3) is 64.6. The number of rotatable bonds is 62. The molecule has 0 aliphatic heterocycles. The molecule has 0 radical (unpaired) electrons. The average molecular weight is 1140 g/mol. The highest BCUT2D eigenvalue weighted by atomic mass is 31.2. The number of carbonyl (C=O) groups excluding carboxylic acids is 2. The number of allylic oxidation sites excluding steroid dienone is 12. The quantitative estimate of drug-likeness (QED) is 0.0211. The number of ether oxygens (including phenoxy) is 2. The normalized spacial score (nSPS) is 13.6. The van der Waals surface area contributed by atoms with Crippen LogP contribution in [0.1, 0.15) is 309 Å². The van der Waals surface area contributed by atoms with E-state index in [1.165, 1.54) is 199 Å². The second-order valence-electron chi connectivity index (χ2n) is 23.8. The van der Waals surface area contributed by atoms with Crippen LogP contribution in [-0.4, -0.2) is 74.9 Å². The molecule has 0 aromatic carbocycles. The van der Waals surface area contributed by atoms with E-state index in [9.17, 15) is 19.0 Å². The van der Waals surface area contributed by atoms with Crippen molar-refractivity contribution in [2.45, 2.75) is 315 Å². The van der Waals surface area contributed by atoms with Gasteiger partial charge in [-0.2, -0.15) is 0 Å². The fraction of sp³-hybridized carbons (Fsp3) is 0.800. The van der Waals surface area contributed by atoms with E-state index < -0.39 is 26.5 Å². The molecule has 0 aliphatic rings. The Bertz CT molecular complexity index is 1580. The molecule has 0 heterocycles. The molecule has 0 fully saturated rings. The Morgan fingerprint density at radius 2 is 0.713 bits per heavy atom. The number of carbonyl (C=O) groups is 2. The van der Waals surface area contributed by atoms with Gasteiger partial charge >= 0.3 is 19.8 Å². The number of hydrogen-bond donors (Lipinski definition) is 1. The molecule has 10 heteroatoms. The number of likely N-dealkylation sites (N-methyl/N-ethyl adjacent to an activating group) is 1. The number of phosphoric ester groups is 1. The average Bonchev–Trinajstić information content (AvgIpc) is 3.42. The lowest BCUT2D eigenvalue weighted by molar-refractivity contribution is -0.870. The van der Waals surface area contributed by atoms with Gasteiger partial charge in [0.2, 0.25) is 0 Å². The van der Waals surface area contributed by atoms with Crippen LogP contribution in [0.3, 0.4) is 0 Å². The van der Waals surface area contributed by atoms with E-state index in [0.29, 0.717) is 17.4 Å². The summed E-state index contributed by atoms with van der Waals surface area (Å²) in [6.45, 7) is 4.34. The molecule has 0 aliphatic carbocycles. The van der Waals surface area contributed by atoms with Gasteiger partial charge in [-0.3, -0.25) is 18.6 Å². The molecule has 0 aromatic rings. The zero-order chi connectivity index (χ0) is 58.4. The molecule has 2 atom stereocenters. The number of phosphoric acid groups is 1. The topological polar surface area (TPSA) is 108 Å². The molecule has 0 spiro atoms. The lowest BCUT2D eigenvalue weighted by Gasteiger charge is -2.24. The highest BCUT2D eigenvalue weighted by Crippen LogP contribution is 2.43. The van der Waals surface area contributed by atoms with Crippen LogP contribution in [0.5, 0.6) is 0 Å². The Labute approximate surface area is 495 Å². The van der Waals surface area contributed by atoms with E-state index in [-0.39, 0.29) is 32.0 Å². The van der Waals surface area contributed by atoms with Crippen LogP contribution in [0.25, 0.3) is 0 Å². The Balaban J connectivity index is 4.02. The van der Waals surface area contributed by atoms with E-state index in [1.54, 1.807) is 0 Å². The number of hydrogen-bond acceptors (Lipinski definition) is 7. The largest absolute Gasteiger partial charge is 0.472 e. The molecule has 80 heavy (non-hydrogen) atoms. The van der Waals surface area contributed by atoms with E-state index in [4.69, 9.17) is 18.5 Å². The standard InChI is InChI=1S/C70H128NO8P/c1-6-8-10-12-14-16-18-20-22-24-26-28-30-31-32-33-34-35-36-37-38-39-41-42-44-46-48-50-52-54-56-58-60-62-69(72)76-66-68(67-78-80(74,75)77-65-64-71(3,4)5)79-70(73)63-61-59-57-55-53-51-49-47-45-43-40-29-27-25-23-21-19-17-15-13-11-9-7-2/h9,11,15,17-18,20-21,23-24,26-27,29,68H,6-8,10,12-14,16,19,22,25,28,30-67H2,1-5H3/p+1/b11-9-,17-15-,20-18-,23-21-,26-24-,29-27-. The number of unbranched alkanes of at least 4 members (excludes halogenated alkanes) is 36. The van der Waals surface area contributed by atoms with Gasteiger partial charge in [0.05, 0.1) is 27.7 Å². The predicted octanol–water partition coefficient (Wildman–Crippen LogP) is 21.6. The van der Waals surface area contributed by atoms with Crippen molar-refractivity contribution in [3.63, 3.8) is 0 Å². The Kier molecular flexibility index (Phi) is 59.1. The van der Waals surface area contributed by atoms with Gasteiger partial charge < -0.3 is 18.9 Å². The molecule has 0 saturated heterocycles. The molecule has 0 amide bonds. The maximum atomic E-state index is 12.9. The first-order chi connectivity index (χ1) is 39.0. The summed E-state index contributed by atoms with van der Waals surface area (Å²) < 4.78 is 34.7. The van der Waals surface area contributed by atoms with Crippen molar-refractivity contribution in [1.82, 2.24) is 0 Å². The summed E-state index contributed by atoms with van der Waals surface area (Å²) in [6.07, 6.45) is 81.4. The maximum Gasteiger partial charge on any atom is 0.472 e. The molecule has 1 N–H and O–H groups in total. The molecule has 9 nitrogen and oxygen atoms in total. The SMILES string of the molecule is CC/C=C\C/C=C\C/C=C\C/C=C\CCCCCCCCCCCCC(=O)OC(COC(=O)CCCCCCCCCCCCCCCCCCCCCCC/C=C\C/C=C\CCCCCCC)COP(=O)(O)OCC[N+](C)(C)C. The van der Waals surface area contributed by atoms with Crippen LogP contribution >= 0.6 is 7.82 Å². The van der Waals surface area contributed by atoms with E-state index in [1.807, 2.05) is 21.1 Å². The summed E-state index contributed by atoms with van der Waals surface area (Å²) in [4.78, 5) is 35.8. The van der Waals surface area contributed by atoms with Gasteiger partial charge in [-0.15, -0.1) is 0 Å². The fourth-order valence-corrected chi connectivity index (χ4v) is 10.3. The summed E-state index contributed by atoms with van der Waals surface area (Å²) in [6, 6.07) is 0. The fourth-order valence-electron chi connectivity index (χ4n) is 9.57. The Morgan fingerprint density at radius 3 is 1.06 bits per heavy atom. The number of esters is 2. The minimum absolute atomic E-state index is 0.0298. The van der Waals surface area contributed by atoms with Gasteiger partial charge in [-0.25, -0.2) is 4.57 Å². The Morgan fingerprint density at radius 1 is 0.400 bits per heavy atom. The van der Waals surface area contributed by atoms with E-state index in [0.717, 1.165) is 77.0 Å². The first kappa shape index (κ1) is 77.5. The van der Waals surface area contributed by atoms with Crippen molar-refractivity contribution < 1.29 is 42.1 Å². The van der Waals surface area contributed by atoms with Crippen LogP contribution in [0.4, 0.5) is 0 Å². The summed E-state index contributed by atoms with van der Waals surface area (Å²) in [5.41, 5.74) is 0. The molecular formula is C70H129NO8P+. The second-order valence-corrected chi connectivity index (χ2v) is 25.3. The number of nitrogens with zero attached hydrogens (tertiary/aromatic N) is 1. The van der Waals surface area contributed by atoms with Crippen LogP contribution in [0.15, 0.2) is 72.9 Å². The molecular weight excluding hydrogens is 1010 g/mol. The summed E-state index contributed by atoms with van der Waals surface area (Å²) in [5, 5.41) is 0. The maximum absolute atomic E-state index is 12.9. The third-order valence-corrected chi connectivity index (χ3v) is 15.7. The third-order valence-electron chi connectivity index (χ3n) is 14.7. The summed E-state index contributed by atoms with van der Waals surface area (Å²) in [7, 11) is 1.48. The lowest BCUT2D eigenvalue weighted by Crippen LogP contribution is -2.37. The van der Waals surface area contributed by atoms with Crippen LogP contribution < -0.4 is 0 Å². The van der Waals surface area contributed by atoms with E-state index in [2.05, 4.69) is 86.8 Å². The minimum Gasteiger partial charge on any atom is -0.462 e. The van der Waals surface area contributed by atoms with Crippen molar-refractivity contribution in [2.75, 3.05) is 47.5 Å². The van der Waals surface area contributed by atoms with Crippen LogP contribution in [0, 0.1) is 0 Å². The van der Waals surface area contributed by atoms with Gasteiger partial charge in [0.15, 0.2) is 6.10 Å². The molecule has 0 bridgehead atoms. The smallest absolute Gasteiger partial charge is 0.462 e. The van der Waals surface area contributed by atoms with Crippen LogP contribution in [0.2, 0.25) is 0 Å². The zero-order valence-electron chi connectivity index (χ0n) is 53.1. The molecule has 466 valence electrons. The highest BCUT2D eigenvalue weighted by molar-refractivity contribution is 7.47. The van der Waals surface area contributed by atoms with Crippen LogP contribution in [-0.2, 0) is 32.7 Å². The molecule has 2 unspecified atom stereocenters. The Hall–Kier alpha value is -2.55. The van der Waals surface area contributed by atoms with Gasteiger partial charge in [0, 0.05) is 12.8 Å². The minimum atomic E-state index is -4.39. The van der Waals surface area contributed by atoms with Crippen molar-refractivity contribution >= 4 is 19.8 Å². The van der Waals surface area contributed by atoms with Crippen molar-refractivity contribution in [2.24, 2.45) is 0 Å². The first-order valence-corrected chi connectivity index (χ1v) is 35.2. The molecule has 0 saturated carbocycles. The van der Waals surface area contributed by atoms with Gasteiger partial charge in [0.1, 0.15) is 19.8 Å². The molecule has 0 aromatic heterocycles. The van der Waals surface area contributed by atoms with Crippen molar-refractivity contribution in [1.29, 1.82) is 0 Å². The van der Waals surface area contributed by atoms with E-state index >= 15 is 0 Å². The second kappa shape index (κ2) is 61.0.